The van der Waals surface area contributed by atoms with E-state index in [9.17, 15) is 0 Å². The fraction of sp³-hybridized carbons (Fsp3) is 0.472. The molecule has 0 spiro atoms. The largest absolute Gasteiger partial charge is 1.00 e. The molecule has 0 amide bonds. The monoisotopic (exact) mass is 1080 g/mol. The Morgan fingerprint density at radius 2 is 0.642 bits per heavy atom. The molecule has 4 aromatic carbocycles. The van der Waals surface area contributed by atoms with Crippen LogP contribution in [0.2, 0.25) is 0 Å². The average molecular weight is 1090 g/mol. The maximum Gasteiger partial charge on any atom is 1.00 e. The van der Waals surface area contributed by atoms with Gasteiger partial charge in [-0.05, 0) is 73.3 Å². The second-order valence-corrected chi connectivity index (χ2v) is 24.1. The Kier molecular flexibility index (Phi) is 30.6. The SMILES string of the molecule is CC(=[NH+]c1c(C(C)C)cccc1C(C)C)C1=CC=C/C(=C(\C)[N-]c2c(C(C)C)cccc2C(C)C)[NH+]1C.CC(=[NH+]c1c(C(C)C)cccc1C(C)C)C1=CC=C/C(=C(\C)[N-]c2c(C(C)C)cccc2C(C)C)[NH+]1C.CCOCC.[Li+].[Li+]. The van der Waals surface area contributed by atoms with E-state index in [1.54, 1.807) is 0 Å². The molecule has 2 aliphatic heterocycles. The molecule has 428 valence electrons. The molecule has 0 aromatic heterocycles. The van der Waals surface area contributed by atoms with Crippen molar-refractivity contribution in [2.24, 2.45) is 0 Å². The van der Waals surface area contributed by atoms with Crippen molar-refractivity contribution in [3.05, 3.63) is 199 Å². The van der Waals surface area contributed by atoms with E-state index in [1.165, 1.54) is 99.9 Å². The van der Waals surface area contributed by atoms with Gasteiger partial charge >= 0.3 is 37.7 Å². The number of quaternary nitrogens is 2. The van der Waals surface area contributed by atoms with Crippen molar-refractivity contribution in [2.75, 3.05) is 27.3 Å². The van der Waals surface area contributed by atoms with E-state index in [4.69, 9.17) is 15.4 Å². The van der Waals surface area contributed by atoms with E-state index in [2.05, 4.69) is 272 Å². The van der Waals surface area contributed by atoms with Crippen LogP contribution in [0.3, 0.4) is 0 Å². The van der Waals surface area contributed by atoms with Gasteiger partial charge in [-0.15, -0.1) is 11.4 Å². The molecular weight excluding hydrogens is 979 g/mol. The zero-order valence-electron chi connectivity index (χ0n) is 55.7. The fourth-order valence-corrected chi connectivity index (χ4v) is 10.7. The van der Waals surface area contributed by atoms with Gasteiger partial charge in [0, 0.05) is 61.5 Å². The molecule has 81 heavy (non-hydrogen) atoms. The van der Waals surface area contributed by atoms with E-state index >= 15 is 0 Å². The quantitative estimate of drug-likeness (QED) is 0.0583. The van der Waals surface area contributed by atoms with Gasteiger partial charge in [0.25, 0.3) is 0 Å². The normalized spacial score (nSPS) is 16.7. The summed E-state index contributed by atoms with van der Waals surface area (Å²) in [5.74, 6) is 3.50. The molecular formula is C72H106Li2N6O+4. The predicted octanol–water partition coefficient (Wildman–Crippen LogP) is 9.57. The number of nitrogens with zero attached hydrogens (tertiary/aromatic N) is 2. The maximum absolute atomic E-state index is 5.28. The third-order valence-corrected chi connectivity index (χ3v) is 15.3. The summed E-state index contributed by atoms with van der Waals surface area (Å²) in [7, 11) is 4.45. The Bertz CT molecular complexity index is 2640. The van der Waals surface area contributed by atoms with Gasteiger partial charge in [-0.3, -0.25) is 9.80 Å². The molecule has 0 radical (unpaired) electrons. The third kappa shape index (κ3) is 19.2. The number of likely N-dealkylation sites (N-methyl/N-ethyl adjacent to an activating group) is 2. The van der Waals surface area contributed by atoms with E-state index in [0.717, 1.165) is 36.0 Å². The number of benzene rings is 4. The first-order valence-electron chi connectivity index (χ1n) is 29.9. The molecule has 0 bridgehead atoms. The van der Waals surface area contributed by atoms with Crippen molar-refractivity contribution >= 4 is 34.2 Å². The smallest absolute Gasteiger partial charge is 0.656 e. The van der Waals surface area contributed by atoms with Crippen LogP contribution in [-0.2, 0) is 4.74 Å². The van der Waals surface area contributed by atoms with Gasteiger partial charge in [0.05, 0.1) is 14.1 Å². The molecule has 4 aromatic rings. The Hall–Kier alpha value is -4.67. The van der Waals surface area contributed by atoms with Gasteiger partial charge in [-0.25, -0.2) is 9.98 Å². The Morgan fingerprint density at radius 3 is 0.852 bits per heavy atom. The van der Waals surface area contributed by atoms with Gasteiger partial charge in [-0.2, -0.15) is 0 Å². The van der Waals surface area contributed by atoms with Crippen LogP contribution >= 0.6 is 0 Å². The van der Waals surface area contributed by atoms with Crippen LogP contribution in [0.25, 0.3) is 10.6 Å². The first-order chi connectivity index (χ1) is 37.3. The zero-order valence-corrected chi connectivity index (χ0v) is 55.7. The number of para-hydroxylation sites is 4. The molecule has 0 saturated carbocycles. The Labute approximate surface area is 518 Å². The molecule has 2 atom stereocenters. The van der Waals surface area contributed by atoms with E-state index in [0.29, 0.717) is 47.3 Å². The van der Waals surface area contributed by atoms with Crippen molar-refractivity contribution in [1.82, 2.24) is 0 Å². The third-order valence-electron chi connectivity index (χ3n) is 15.3. The molecule has 0 saturated heterocycles. The van der Waals surface area contributed by atoms with Gasteiger partial charge in [0.2, 0.25) is 34.2 Å². The number of nitrogens with one attached hydrogen (secondary N) is 4. The van der Waals surface area contributed by atoms with E-state index < -0.39 is 0 Å². The maximum atomic E-state index is 5.28. The van der Waals surface area contributed by atoms with Crippen LogP contribution in [0.1, 0.15) is 244 Å². The first kappa shape index (κ1) is 72.4. The van der Waals surface area contributed by atoms with Crippen molar-refractivity contribution in [2.45, 2.75) is 200 Å². The summed E-state index contributed by atoms with van der Waals surface area (Å²) in [6.07, 6.45) is 13.2. The number of rotatable bonds is 18. The van der Waals surface area contributed by atoms with Crippen LogP contribution in [0.5, 0.6) is 0 Å². The molecule has 6 rings (SSSR count). The summed E-state index contributed by atoms with van der Waals surface area (Å²) in [6, 6.07) is 26.7. The number of hydrogen-bond acceptors (Lipinski definition) is 1. The van der Waals surface area contributed by atoms with Crippen LogP contribution in [0, 0.1) is 0 Å². The van der Waals surface area contributed by atoms with Crippen LogP contribution in [-0.4, -0.2) is 38.7 Å². The number of allylic oxidation sites excluding steroid dienone is 10. The summed E-state index contributed by atoms with van der Waals surface area (Å²) in [5, 5.41) is 10.6. The minimum absolute atomic E-state index is 0. The average Bonchev–Trinajstić information content (AvgIpc) is 3.38. The number of ether oxygens (including phenoxy) is 1. The number of hydrogen-bond donors (Lipinski definition) is 4. The zero-order chi connectivity index (χ0) is 59.0. The van der Waals surface area contributed by atoms with Crippen molar-refractivity contribution < 1.29 is 62.2 Å². The Morgan fingerprint density at radius 1 is 0.407 bits per heavy atom. The fourth-order valence-electron chi connectivity index (χ4n) is 10.7. The van der Waals surface area contributed by atoms with Crippen molar-refractivity contribution in [3.63, 3.8) is 0 Å². The van der Waals surface area contributed by atoms with Gasteiger partial charge in [-0.1, -0.05) is 243 Å². The summed E-state index contributed by atoms with van der Waals surface area (Å²) in [6.45, 7) is 50.6. The summed E-state index contributed by atoms with van der Waals surface area (Å²) < 4.78 is 4.83. The van der Waals surface area contributed by atoms with E-state index in [1.807, 2.05) is 13.8 Å². The van der Waals surface area contributed by atoms with Crippen LogP contribution in [0.4, 0.5) is 22.7 Å². The van der Waals surface area contributed by atoms with Gasteiger partial charge in [0.1, 0.15) is 11.4 Å². The molecule has 2 unspecified atom stereocenters. The first-order valence-corrected chi connectivity index (χ1v) is 29.9. The summed E-state index contributed by atoms with van der Waals surface area (Å²) >= 11 is 0. The Balaban J connectivity index is 0.000000499. The van der Waals surface area contributed by atoms with E-state index in [-0.39, 0.29) is 37.7 Å². The molecule has 0 fully saturated rings. The van der Waals surface area contributed by atoms with Gasteiger partial charge in [0.15, 0.2) is 0 Å². The standard InChI is InChI=1S/2C34H46N3.C4H10O.2Li/c2*1-21(2)27-15-12-16-28(22(3)4)33(27)35-25(9)31-19-14-20-32(37(31)11)26(10)36-34-29(23(5)6)17-13-18-30(34)24(7)8;1-3-5-4-2;;/h2*12-24H,1-11H3;3-4H2,1-2H3;;/q2*-1;;2*+1/p+4/b2*31-25-,36-26?;;;. The minimum atomic E-state index is 0. The summed E-state index contributed by atoms with van der Waals surface area (Å²) in [4.78, 5) is 10.2. The molecule has 2 aliphatic rings. The van der Waals surface area contributed by atoms with Crippen LogP contribution in [0.15, 0.2) is 143 Å². The molecule has 0 aliphatic carbocycles. The molecule has 9 heteroatoms. The molecule has 2 heterocycles. The predicted molar refractivity (Wildman–Crippen MR) is 343 cm³/mol. The second kappa shape index (κ2) is 34.2. The minimum Gasteiger partial charge on any atom is -0.656 e. The molecule has 4 N–H and O–H groups in total. The van der Waals surface area contributed by atoms with Crippen molar-refractivity contribution in [1.29, 1.82) is 0 Å². The molecule has 7 nitrogen and oxygen atoms in total. The van der Waals surface area contributed by atoms with Gasteiger partial charge < -0.3 is 15.4 Å². The topological polar surface area (TPSA) is 74.2 Å². The second-order valence-electron chi connectivity index (χ2n) is 24.1. The van der Waals surface area contributed by atoms with Crippen molar-refractivity contribution in [3.8, 4) is 0 Å². The van der Waals surface area contributed by atoms with Crippen LogP contribution < -0.4 is 57.5 Å². The summed E-state index contributed by atoms with van der Waals surface area (Å²) in [5.41, 5.74) is 24.9.